The number of piperidine rings is 1. The van der Waals surface area contributed by atoms with Crippen LogP contribution in [-0.4, -0.2) is 61.2 Å². The predicted octanol–water partition coefficient (Wildman–Crippen LogP) is -1.37. The molecule has 2 heterocycles. The molecule has 20 heavy (non-hydrogen) atoms. The van der Waals surface area contributed by atoms with Crippen LogP contribution in [0.4, 0.5) is 5.95 Å². The number of aromatic amines is 1. The summed E-state index contributed by atoms with van der Waals surface area (Å²) in [5.74, 6) is -5.31. The molecule has 0 bridgehead atoms. The Morgan fingerprint density at radius 3 is 2.40 bits per heavy atom. The van der Waals surface area contributed by atoms with E-state index in [1.807, 2.05) is 0 Å². The Morgan fingerprint density at radius 2 is 1.90 bits per heavy atom. The number of rotatable bonds is 3. The minimum atomic E-state index is -1.24. The summed E-state index contributed by atoms with van der Waals surface area (Å²) in [6.45, 7) is -0.0497. The molecular weight excluding hydrogens is 270 g/mol. The number of nitrogen functional groups attached to an aromatic ring is 1. The fraction of sp³-hybridized carbons (Fsp3) is 0.500. The summed E-state index contributed by atoms with van der Waals surface area (Å²) in [5.41, 5.74) is 5.29. The summed E-state index contributed by atoms with van der Waals surface area (Å²) in [4.78, 5) is 39.1. The first kappa shape index (κ1) is 13.8. The highest BCUT2D eigenvalue weighted by atomic mass is 16.4. The van der Waals surface area contributed by atoms with E-state index in [0.29, 0.717) is 0 Å². The minimum absolute atomic E-state index is 0.0711. The third-order valence-electron chi connectivity index (χ3n) is 3.24. The van der Waals surface area contributed by atoms with Gasteiger partial charge in [0.05, 0.1) is 11.8 Å². The quantitative estimate of drug-likeness (QED) is 0.528. The summed E-state index contributed by atoms with van der Waals surface area (Å²) in [5, 5.41) is 23.9. The average molecular weight is 283 g/mol. The predicted molar refractivity (Wildman–Crippen MR) is 63.6 cm³/mol. The van der Waals surface area contributed by atoms with Gasteiger partial charge in [0, 0.05) is 13.1 Å². The lowest BCUT2D eigenvalue weighted by Gasteiger charge is -2.33. The van der Waals surface area contributed by atoms with E-state index in [1.54, 1.807) is 0 Å². The minimum Gasteiger partial charge on any atom is -0.481 e. The molecule has 0 aliphatic carbocycles. The Kier molecular flexibility index (Phi) is 3.55. The van der Waals surface area contributed by atoms with E-state index in [1.165, 1.54) is 4.90 Å². The van der Waals surface area contributed by atoms with Crippen LogP contribution in [0.5, 0.6) is 0 Å². The first-order valence-electron chi connectivity index (χ1n) is 5.83. The second-order valence-corrected chi connectivity index (χ2v) is 4.47. The maximum atomic E-state index is 12.1. The van der Waals surface area contributed by atoms with E-state index in [-0.39, 0.29) is 31.3 Å². The molecule has 2 unspecified atom stereocenters. The van der Waals surface area contributed by atoms with Crippen molar-refractivity contribution in [1.82, 2.24) is 20.1 Å². The molecule has 1 fully saturated rings. The standard InChI is InChI=1S/C10H13N5O5/c11-10-12-6(13-14-10)7(16)15-2-1-4(8(17)18)5(3-15)9(19)20/h4-5H,1-3H2,(H,17,18)(H,19,20)(H3,11,12,13,14). The van der Waals surface area contributed by atoms with E-state index in [4.69, 9.17) is 15.9 Å². The largest absolute Gasteiger partial charge is 0.481 e. The van der Waals surface area contributed by atoms with Crippen LogP contribution in [0.2, 0.25) is 0 Å². The number of nitrogens with one attached hydrogen (secondary N) is 1. The number of likely N-dealkylation sites (tertiary alicyclic amines) is 1. The van der Waals surface area contributed by atoms with E-state index in [0.717, 1.165) is 0 Å². The van der Waals surface area contributed by atoms with Gasteiger partial charge in [-0.1, -0.05) is 0 Å². The molecule has 1 aliphatic heterocycles. The van der Waals surface area contributed by atoms with Crippen LogP contribution in [0.25, 0.3) is 0 Å². The normalized spacial score (nSPS) is 22.5. The molecule has 1 aromatic rings. The highest BCUT2D eigenvalue weighted by Gasteiger charge is 2.40. The number of carboxylic acid groups (broad SMARTS) is 2. The van der Waals surface area contributed by atoms with Gasteiger partial charge in [-0.25, -0.2) is 0 Å². The fourth-order valence-electron chi connectivity index (χ4n) is 2.20. The number of aromatic nitrogens is 3. The van der Waals surface area contributed by atoms with Crippen LogP contribution in [0.15, 0.2) is 0 Å². The summed E-state index contributed by atoms with van der Waals surface area (Å²) < 4.78 is 0. The molecule has 10 nitrogen and oxygen atoms in total. The molecule has 2 rings (SSSR count). The molecule has 10 heteroatoms. The van der Waals surface area contributed by atoms with Gasteiger partial charge in [0.25, 0.3) is 5.91 Å². The maximum absolute atomic E-state index is 12.1. The number of nitrogens with two attached hydrogens (primary N) is 1. The van der Waals surface area contributed by atoms with Gasteiger partial charge < -0.3 is 20.8 Å². The lowest BCUT2D eigenvalue weighted by Crippen LogP contribution is -2.48. The molecule has 1 amide bonds. The number of hydrogen-bond donors (Lipinski definition) is 4. The fourth-order valence-corrected chi connectivity index (χ4v) is 2.20. The Hall–Kier alpha value is -2.65. The topological polar surface area (TPSA) is 162 Å². The van der Waals surface area contributed by atoms with Crippen LogP contribution in [0.3, 0.4) is 0 Å². The number of carbonyl (C=O) groups is 3. The van der Waals surface area contributed by atoms with E-state index >= 15 is 0 Å². The molecule has 108 valence electrons. The van der Waals surface area contributed by atoms with Crippen LogP contribution in [0.1, 0.15) is 17.0 Å². The van der Waals surface area contributed by atoms with E-state index < -0.39 is 29.7 Å². The number of hydrogen-bond acceptors (Lipinski definition) is 6. The zero-order valence-corrected chi connectivity index (χ0v) is 10.3. The lowest BCUT2D eigenvalue weighted by molar-refractivity contribution is -0.156. The van der Waals surface area contributed by atoms with Crippen molar-refractivity contribution >= 4 is 23.8 Å². The maximum Gasteiger partial charge on any atom is 0.309 e. The molecule has 1 aromatic heterocycles. The average Bonchev–Trinajstić information content (AvgIpc) is 2.83. The third-order valence-corrected chi connectivity index (χ3v) is 3.24. The van der Waals surface area contributed by atoms with Crippen molar-refractivity contribution in [3.63, 3.8) is 0 Å². The molecule has 0 saturated carbocycles. The smallest absolute Gasteiger partial charge is 0.309 e. The Labute approximate surface area is 112 Å². The van der Waals surface area contributed by atoms with Crippen molar-refractivity contribution in [2.24, 2.45) is 11.8 Å². The lowest BCUT2D eigenvalue weighted by atomic mass is 9.85. The van der Waals surface area contributed by atoms with Crippen LogP contribution in [0, 0.1) is 11.8 Å². The number of amides is 1. The van der Waals surface area contributed by atoms with Gasteiger partial charge >= 0.3 is 11.9 Å². The van der Waals surface area contributed by atoms with Gasteiger partial charge in [-0.15, -0.1) is 5.10 Å². The molecule has 2 atom stereocenters. The molecule has 1 aliphatic rings. The van der Waals surface area contributed by atoms with Gasteiger partial charge in [0.2, 0.25) is 11.8 Å². The van der Waals surface area contributed by atoms with Crippen LogP contribution >= 0.6 is 0 Å². The number of H-pyrrole nitrogens is 1. The summed E-state index contributed by atoms with van der Waals surface area (Å²) in [6.07, 6.45) is 0.0711. The Balaban J connectivity index is 2.14. The van der Waals surface area contributed by atoms with Crippen LogP contribution in [-0.2, 0) is 9.59 Å². The van der Waals surface area contributed by atoms with Crippen molar-refractivity contribution in [3.05, 3.63) is 5.82 Å². The Morgan fingerprint density at radius 1 is 1.25 bits per heavy atom. The zero-order valence-electron chi connectivity index (χ0n) is 10.3. The first-order valence-corrected chi connectivity index (χ1v) is 5.83. The Bertz CT molecular complexity index is 556. The van der Waals surface area contributed by atoms with Crippen molar-refractivity contribution in [1.29, 1.82) is 0 Å². The van der Waals surface area contributed by atoms with Gasteiger partial charge in [0.15, 0.2) is 0 Å². The summed E-state index contributed by atoms with van der Waals surface area (Å²) >= 11 is 0. The SMILES string of the molecule is Nc1n[nH]c(C(=O)N2CCC(C(=O)O)C(C(=O)O)C2)n1. The molecule has 5 N–H and O–H groups in total. The third kappa shape index (κ3) is 2.53. The number of aliphatic carboxylic acids is 2. The number of nitrogens with zero attached hydrogens (tertiary/aromatic N) is 3. The monoisotopic (exact) mass is 283 g/mol. The van der Waals surface area contributed by atoms with Crippen molar-refractivity contribution < 1.29 is 24.6 Å². The van der Waals surface area contributed by atoms with Gasteiger partial charge in [-0.05, 0) is 6.42 Å². The highest BCUT2D eigenvalue weighted by molar-refractivity contribution is 5.91. The molecule has 0 spiro atoms. The first-order chi connectivity index (χ1) is 9.40. The van der Waals surface area contributed by atoms with Gasteiger partial charge in [-0.3, -0.25) is 19.5 Å². The van der Waals surface area contributed by atoms with Crippen molar-refractivity contribution in [2.75, 3.05) is 18.8 Å². The molecular formula is C10H13N5O5. The number of carboxylic acids is 2. The summed E-state index contributed by atoms with van der Waals surface area (Å²) in [6, 6.07) is 0. The van der Waals surface area contributed by atoms with E-state index in [9.17, 15) is 14.4 Å². The van der Waals surface area contributed by atoms with Gasteiger partial charge in [-0.2, -0.15) is 4.98 Å². The molecule has 0 aromatic carbocycles. The van der Waals surface area contributed by atoms with Crippen molar-refractivity contribution in [3.8, 4) is 0 Å². The number of carbonyl (C=O) groups excluding carboxylic acids is 1. The van der Waals surface area contributed by atoms with Gasteiger partial charge in [0.1, 0.15) is 0 Å². The van der Waals surface area contributed by atoms with Crippen molar-refractivity contribution in [2.45, 2.75) is 6.42 Å². The van der Waals surface area contributed by atoms with E-state index in [2.05, 4.69) is 15.2 Å². The second-order valence-electron chi connectivity index (χ2n) is 4.47. The zero-order chi connectivity index (χ0) is 14.9. The second kappa shape index (κ2) is 5.15. The highest BCUT2D eigenvalue weighted by Crippen LogP contribution is 2.25. The molecule has 0 radical (unpaired) electrons. The molecule has 1 saturated heterocycles. The van der Waals surface area contributed by atoms with Crippen LogP contribution < -0.4 is 5.73 Å². The number of anilines is 1. The summed E-state index contributed by atoms with van der Waals surface area (Å²) in [7, 11) is 0.